The lowest BCUT2D eigenvalue weighted by molar-refractivity contribution is -0.194. The molecule has 0 unspecified atom stereocenters. The van der Waals surface area contributed by atoms with Crippen molar-refractivity contribution in [1.82, 2.24) is 10.0 Å². The van der Waals surface area contributed by atoms with Crippen molar-refractivity contribution < 1.29 is 35.6 Å². The second-order valence-corrected chi connectivity index (χ2v) is 7.93. The summed E-state index contributed by atoms with van der Waals surface area (Å²) >= 11 is 5.56. The van der Waals surface area contributed by atoms with Gasteiger partial charge in [-0.1, -0.05) is 29.8 Å². The van der Waals surface area contributed by atoms with E-state index in [2.05, 4.69) is 0 Å². The van der Waals surface area contributed by atoms with Gasteiger partial charge in [-0.05, 0) is 30.3 Å². The molecule has 1 aliphatic rings. The Morgan fingerprint density at radius 1 is 1.07 bits per heavy atom. The highest BCUT2D eigenvalue weighted by Crippen LogP contribution is 2.37. The minimum absolute atomic E-state index is 0.0202. The summed E-state index contributed by atoms with van der Waals surface area (Å²) in [5, 5.41) is 0.793. The Hall–Kier alpha value is -2.70. The van der Waals surface area contributed by atoms with Gasteiger partial charge in [0.2, 0.25) is 10.0 Å². The number of sulfonamides is 1. The van der Waals surface area contributed by atoms with Gasteiger partial charge in [-0.3, -0.25) is 4.79 Å². The minimum Gasteiger partial charge on any atom is -0.302 e. The highest BCUT2D eigenvalue weighted by molar-refractivity contribution is 7.89. The van der Waals surface area contributed by atoms with E-state index in [-0.39, 0.29) is 4.90 Å². The monoisotopic (exact) mass is 451 g/mol. The van der Waals surface area contributed by atoms with Crippen molar-refractivity contribution in [1.29, 1.82) is 0 Å². The first-order chi connectivity index (χ1) is 13.4. The number of halogens is 5. The lowest BCUT2D eigenvalue weighted by Gasteiger charge is -2.29. The van der Waals surface area contributed by atoms with Crippen LogP contribution in [-0.4, -0.2) is 32.2 Å². The van der Waals surface area contributed by atoms with E-state index < -0.39 is 55.2 Å². The van der Waals surface area contributed by atoms with Gasteiger partial charge in [0.1, 0.15) is 5.82 Å². The topological polar surface area (TPSA) is 95.6 Å². The number of carbonyl (C=O) groups is 2. The van der Waals surface area contributed by atoms with Crippen molar-refractivity contribution in [3.8, 4) is 0 Å². The molecular weight excluding hydrogens is 442 g/mol. The number of anilines is 1. The van der Waals surface area contributed by atoms with Crippen LogP contribution >= 0.6 is 11.6 Å². The van der Waals surface area contributed by atoms with E-state index in [1.807, 2.05) is 0 Å². The third-order valence-corrected chi connectivity index (χ3v) is 5.71. The van der Waals surface area contributed by atoms with Gasteiger partial charge in [0.25, 0.3) is 11.6 Å². The van der Waals surface area contributed by atoms with Crippen LogP contribution < -0.4 is 14.9 Å². The van der Waals surface area contributed by atoms with Crippen LogP contribution in [0.15, 0.2) is 53.4 Å². The van der Waals surface area contributed by atoms with Crippen LogP contribution in [0.1, 0.15) is 0 Å². The quantitative estimate of drug-likeness (QED) is 0.552. The molecule has 154 valence electrons. The summed E-state index contributed by atoms with van der Waals surface area (Å²) in [6, 6.07) is 6.72. The van der Waals surface area contributed by atoms with Crippen molar-refractivity contribution in [2.45, 2.75) is 16.7 Å². The molecular formula is C16H10ClF4N3O4S. The van der Waals surface area contributed by atoms with Gasteiger partial charge in [-0.15, -0.1) is 0 Å². The van der Waals surface area contributed by atoms with Gasteiger partial charge in [0, 0.05) is 0 Å². The molecule has 1 heterocycles. The predicted octanol–water partition coefficient (Wildman–Crippen LogP) is 2.77. The Balaban J connectivity index is 2.09. The molecule has 0 aromatic heterocycles. The number of carbonyl (C=O) groups excluding carboxylic acids is 2. The van der Waals surface area contributed by atoms with E-state index in [1.54, 1.807) is 0 Å². The summed E-state index contributed by atoms with van der Waals surface area (Å²) < 4.78 is 81.0. The van der Waals surface area contributed by atoms with Gasteiger partial charge < -0.3 is 5.32 Å². The molecule has 0 spiro atoms. The van der Waals surface area contributed by atoms with Crippen molar-refractivity contribution in [2.24, 2.45) is 0 Å². The van der Waals surface area contributed by atoms with Gasteiger partial charge in [-0.25, -0.2) is 22.5 Å². The zero-order chi connectivity index (χ0) is 21.6. The van der Waals surface area contributed by atoms with E-state index in [1.165, 1.54) is 28.2 Å². The molecule has 0 bridgehead atoms. The second-order valence-electron chi connectivity index (χ2n) is 5.84. The maximum Gasteiger partial charge on any atom is 0.435 e. The van der Waals surface area contributed by atoms with E-state index in [9.17, 15) is 35.6 Å². The zero-order valence-electron chi connectivity index (χ0n) is 14.0. The van der Waals surface area contributed by atoms with Crippen molar-refractivity contribution in [3.05, 3.63) is 59.4 Å². The first-order valence-corrected chi connectivity index (χ1v) is 9.53. The maximum atomic E-state index is 13.8. The standard InChI is InChI=1S/C16H10ClF4N3O4S/c17-11-8-9(6-7-12(11)18)24-13(25)15(16(19,20)21,22-14(24)26)23-29(27,28)10-4-2-1-3-5-10/h1-8,23H,(H,22,26)/t15-/m0/s1. The van der Waals surface area contributed by atoms with E-state index in [0.717, 1.165) is 30.3 Å². The lowest BCUT2D eigenvalue weighted by atomic mass is 10.1. The van der Waals surface area contributed by atoms with Crippen LogP contribution in [0.2, 0.25) is 5.02 Å². The first kappa shape index (κ1) is 21.0. The van der Waals surface area contributed by atoms with Crippen molar-refractivity contribution in [2.75, 3.05) is 4.90 Å². The third kappa shape index (κ3) is 3.54. The highest BCUT2D eigenvalue weighted by Gasteiger charge is 2.69. The normalized spacial score (nSPS) is 20.1. The smallest absolute Gasteiger partial charge is 0.302 e. The second kappa shape index (κ2) is 6.97. The van der Waals surface area contributed by atoms with E-state index in [0.29, 0.717) is 0 Å². The number of hydrogen-bond acceptors (Lipinski definition) is 4. The number of nitrogens with zero attached hydrogens (tertiary/aromatic N) is 1. The molecule has 7 nitrogen and oxygen atoms in total. The van der Waals surface area contributed by atoms with Gasteiger partial charge in [0.05, 0.1) is 15.6 Å². The number of imide groups is 1. The predicted molar refractivity (Wildman–Crippen MR) is 93.0 cm³/mol. The van der Waals surface area contributed by atoms with E-state index in [4.69, 9.17) is 11.6 Å². The fraction of sp³-hybridized carbons (Fsp3) is 0.125. The molecule has 1 atom stereocenters. The molecule has 1 saturated heterocycles. The number of amides is 3. The highest BCUT2D eigenvalue weighted by atomic mass is 35.5. The number of hydrogen-bond donors (Lipinski definition) is 2. The SMILES string of the molecule is O=C1N[C@@](NS(=O)(=O)c2ccccc2)(C(F)(F)F)C(=O)N1c1ccc(F)c(Cl)c1. The number of benzene rings is 2. The number of rotatable bonds is 4. The average Bonchev–Trinajstić information content (AvgIpc) is 2.88. The Labute approximate surface area is 166 Å². The van der Waals surface area contributed by atoms with Crippen LogP contribution in [0.3, 0.4) is 0 Å². The van der Waals surface area contributed by atoms with Crippen LogP contribution in [0, 0.1) is 5.82 Å². The lowest BCUT2D eigenvalue weighted by Crippen LogP contribution is -2.69. The summed E-state index contributed by atoms with van der Waals surface area (Å²) in [5.41, 5.74) is -4.46. The van der Waals surface area contributed by atoms with E-state index >= 15 is 0 Å². The molecule has 1 aliphatic heterocycles. The Morgan fingerprint density at radius 2 is 1.69 bits per heavy atom. The average molecular weight is 452 g/mol. The third-order valence-electron chi connectivity index (χ3n) is 3.95. The summed E-state index contributed by atoms with van der Waals surface area (Å²) in [7, 11) is -4.88. The van der Waals surface area contributed by atoms with Crippen LogP contribution in [0.4, 0.5) is 28.0 Å². The van der Waals surface area contributed by atoms with Gasteiger partial charge >= 0.3 is 12.2 Å². The molecule has 0 aliphatic carbocycles. The fourth-order valence-corrected chi connectivity index (χ4v) is 4.03. The zero-order valence-corrected chi connectivity index (χ0v) is 15.6. The van der Waals surface area contributed by atoms with Gasteiger partial charge in [0.15, 0.2) is 0 Å². The van der Waals surface area contributed by atoms with Gasteiger partial charge in [-0.2, -0.15) is 17.9 Å². The van der Waals surface area contributed by atoms with Crippen molar-refractivity contribution in [3.63, 3.8) is 0 Å². The summed E-state index contributed by atoms with van der Waals surface area (Å²) in [5.74, 6) is -2.91. The summed E-state index contributed by atoms with van der Waals surface area (Å²) in [6.45, 7) is 0. The van der Waals surface area contributed by atoms with Crippen LogP contribution in [0.25, 0.3) is 0 Å². The van der Waals surface area contributed by atoms with Crippen LogP contribution in [0.5, 0.6) is 0 Å². The summed E-state index contributed by atoms with van der Waals surface area (Å²) in [4.78, 5) is 24.3. The molecule has 3 amide bonds. The molecule has 1 fully saturated rings. The molecule has 0 radical (unpaired) electrons. The Kier molecular flexibility index (Phi) is 5.05. The molecule has 2 aromatic rings. The first-order valence-electron chi connectivity index (χ1n) is 7.66. The number of urea groups is 1. The molecule has 29 heavy (non-hydrogen) atoms. The molecule has 0 saturated carbocycles. The van der Waals surface area contributed by atoms with Crippen LogP contribution in [-0.2, 0) is 14.8 Å². The fourth-order valence-electron chi connectivity index (χ4n) is 2.57. The summed E-state index contributed by atoms with van der Waals surface area (Å²) in [6.07, 6.45) is -5.56. The molecule has 2 N–H and O–H groups in total. The van der Waals surface area contributed by atoms with Crippen molar-refractivity contribution >= 4 is 39.2 Å². The molecule has 13 heteroatoms. The Morgan fingerprint density at radius 3 is 2.24 bits per heavy atom. The molecule has 3 rings (SSSR count). The number of nitrogens with one attached hydrogen (secondary N) is 2. The molecule has 2 aromatic carbocycles. The minimum atomic E-state index is -5.56. The number of alkyl halides is 3. The largest absolute Gasteiger partial charge is 0.435 e. The Bertz CT molecular complexity index is 1100. The maximum absolute atomic E-state index is 13.8.